The molecule has 0 unspecified atom stereocenters. The van der Waals surface area contributed by atoms with E-state index in [1.165, 1.54) is 42.6 Å². The van der Waals surface area contributed by atoms with Crippen LogP contribution in [0.25, 0.3) is 0 Å². The number of benzene rings is 1. The fourth-order valence-electron chi connectivity index (χ4n) is 2.67. The molecule has 24 heavy (non-hydrogen) atoms. The van der Waals surface area contributed by atoms with Gasteiger partial charge in [-0.1, -0.05) is 0 Å². The second-order valence-corrected chi connectivity index (χ2v) is 5.39. The van der Waals surface area contributed by atoms with Crippen LogP contribution < -0.4 is 4.90 Å². The largest absolute Gasteiger partial charge is 0.347 e. The number of amides is 1. The first-order valence-electron chi connectivity index (χ1n) is 7.45. The summed E-state index contributed by atoms with van der Waals surface area (Å²) in [6.45, 7) is 1.74. The molecule has 0 aliphatic carbocycles. The van der Waals surface area contributed by atoms with Gasteiger partial charge in [-0.15, -0.1) is 0 Å². The normalized spacial score (nSPS) is 14.5. The van der Waals surface area contributed by atoms with E-state index in [1.54, 1.807) is 9.80 Å². The second-order valence-electron chi connectivity index (χ2n) is 5.39. The highest BCUT2D eigenvalue weighted by Gasteiger charge is 2.27. The summed E-state index contributed by atoms with van der Waals surface area (Å²) in [6.07, 6.45) is 1.51. The van der Waals surface area contributed by atoms with Crippen molar-refractivity contribution in [3.8, 4) is 0 Å². The van der Waals surface area contributed by atoms with E-state index in [4.69, 9.17) is 0 Å². The van der Waals surface area contributed by atoms with Gasteiger partial charge in [-0.25, -0.2) is 9.37 Å². The molecular weight excluding hydrogens is 315 g/mol. The lowest BCUT2D eigenvalue weighted by Crippen LogP contribution is -2.49. The van der Waals surface area contributed by atoms with Gasteiger partial charge in [0.15, 0.2) is 0 Å². The summed E-state index contributed by atoms with van der Waals surface area (Å²) in [4.78, 5) is 30.6. The zero-order chi connectivity index (χ0) is 17.1. The lowest BCUT2D eigenvalue weighted by molar-refractivity contribution is -0.384. The van der Waals surface area contributed by atoms with Crippen LogP contribution in [0.15, 0.2) is 42.6 Å². The van der Waals surface area contributed by atoms with Crippen molar-refractivity contribution >= 4 is 17.4 Å². The Labute approximate surface area is 137 Å². The van der Waals surface area contributed by atoms with E-state index >= 15 is 0 Å². The third kappa shape index (κ3) is 3.17. The van der Waals surface area contributed by atoms with Gasteiger partial charge < -0.3 is 9.80 Å². The molecule has 0 radical (unpaired) electrons. The highest BCUT2D eigenvalue weighted by atomic mass is 19.1. The molecule has 1 saturated heterocycles. The Bertz CT molecular complexity index is 758. The third-order valence-corrected chi connectivity index (χ3v) is 3.92. The number of aromatic nitrogens is 1. The number of anilines is 1. The molecule has 7 nitrogen and oxygen atoms in total. The van der Waals surface area contributed by atoms with Crippen LogP contribution in [-0.2, 0) is 0 Å². The summed E-state index contributed by atoms with van der Waals surface area (Å²) in [6, 6.07) is 8.34. The lowest BCUT2D eigenvalue weighted by atomic mass is 10.1. The van der Waals surface area contributed by atoms with Crippen molar-refractivity contribution < 1.29 is 14.1 Å². The van der Waals surface area contributed by atoms with Gasteiger partial charge in [0.1, 0.15) is 5.82 Å². The van der Waals surface area contributed by atoms with Crippen LogP contribution in [0.3, 0.4) is 0 Å². The highest BCUT2D eigenvalue weighted by Crippen LogP contribution is 2.25. The second kappa shape index (κ2) is 6.61. The number of rotatable bonds is 3. The molecule has 0 atom stereocenters. The molecule has 3 rings (SSSR count). The molecule has 2 aromatic rings. The average Bonchev–Trinajstić information content (AvgIpc) is 2.62. The van der Waals surface area contributed by atoms with Crippen LogP contribution in [0.1, 0.15) is 10.4 Å². The summed E-state index contributed by atoms with van der Waals surface area (Å²) >= 11 is 0. The van der Waals surface area contributed by atoms with Crippen molar-refractivity contribution in [1.29, 1.82) is 0 Å². The highest BCUT2D eigenvalue weighted by molar-refractivity contribution is 5.94. The average molecular weight is 330 g/mol. The minimum absolute atomic E-state index is 0.0455. The summed E-state index contributed by atoms with van der Waals surface area (Å²) in [5, 5.41) is 11.1. The number of pyridine rings is 1. The van der Waals surface area contributed by atoms with Crippen LogP contribution in [0.5, 0.6) is 0 Å². The van der Waals surface area contributed by atoms with Crippen molar-refractivity contribution in [2.45, 2.75) is 0 Å². The number of hydrogen-bond acceptors (Lipinski definition) is 5. The Morgan fingerprint density at radius 1 is 1.12 bits per heavy atom. The van der Waals surface area contributed by atoms with E-state index in [-0.39, 0.29) is 17.4 Å². The van der Waals surface area contributed by atoms with Crippen molar-refractivity contribution in [3.05, 3.63) is 64.1 Å². The Hall–Kier alpha value is -3.03. The lowest BCUT2D eigenvalue weighted by Gasteiger charge is -2.35. The first-order valence-corrected chi connectivity index (χ1v) is 7.45. The Balaban J connectivity index is 1.69. The molecule has 0 saturated carbocycles. The number of piperazine rings is 1. The molecule has 2 heterocycles. The van der Waals surface area contributed by atoms with E-state index in [1.807, 2.05) is 0 Å². The van der Waals surface area contributed by atoms with Crippen LogP contribution in [0.4, 0.5) is 15.9 Å². The monoisotopic (exact) mass is 330 g/mol. The van der Waals surface area contributed by atoms with Crippen LogP contribution >= 0.6 is 0 Å². The number of nitro groups is 1. The maximum Gasteiger partial charge on any atom is 0.311 e. The Kier molecular flexibility index (Phi) is 4.37. The summed E-state index contributed by atoms with van der Waals surface area (Å²) in [5.74, 6) is -0.250. The molecule has 0 N–H and O–H groups in total. The first-order chi connectivity index (χ1) is 11.6. The van der Waals surface area contributed by atoms with Crippen LogP contribution in [0.2, 0.25) is 0 Å². The van der Waals surface area contributed by atoms with Gasteiger partial charge in [0, 0.05) is 44.0 Å². The van der Waals surface area contributed by atoms with Crippen molar-refractivity contribution in [2.75, 3.05) is 31.1 Å². The van der Waals surface area contributed by atoms with Crippen molar-refractivity contribution in [1.82, 2.24) is 9.88 Å². The zero-order valence-corrected chi connectivity index (χ0v) is 12.8. The van der Waals surface area contributed by atoms with Crippen molar-refractivity contribution in [3.63, 3.8) is 0 Å². The topological polar surface area (TPSA) is 79.6 Å². The van der Waals surface area contributed by atoms with E-state index in [0.717, 1.165) is 0 Å². The molecule has 1 amide bonds. The predicted octanol–water partition coefficient (Wildman–Crippen LogP) is 2.09. The van der Waals surface area contributed by atoms with Gasteiger partial charge in [-0.3, -0.25) is 14.9 Å². The number of carbonyl (C=O) groups excluding carboxylic acids is 1. The molecule has 124 valence electrons. The van der Waals surface area contributed by atoms with Gasteiger partial charge >= 0.3 is 5.69 Å². The summed E-state index contributed by atoms with van der Waals surface area (Å²) in [7, 11) is 0. The molecule has 0 spiro atoms. The molecule has 1 aromatic heterocycles. The van der Waals surface area contributed by atoms with Gasteiger partial charge in [-0.05, 0) is 30.3 Å². The van der Waals surface area contributed by atoms with Crippen LogP contribution in [0, 0.1) is 15.9 Å². The third-order valence-electron chi connectivity index (χ3n) is 3.92. The zero-order valence-electron chi connectivity index (χ0n) is 12.8. The molecule has 1 aliphatic rings. The fraction of sp³-hybridized carbons (Fsp3) is 0.250. The van der Waals surface area contributed by atoms with E-state index < -0.39 is 4.92 Å². The first kappa shape index (κ1) is 15.9. The Morgan fingerprint density at radius 2 is 1.79 bits per heavy atom. The molecular formula is C16H15FN4O3. The molecule has 0 bridgehead atoms. The molecule has 1 aliphatic heterocycles. The number of halogens is 1. The number of carbonyl (C=O) groups is 1. The van der Waals surface area contributed by atoms with E-state index in [9.17, 15) is 19.3 Å². The molecule has 8 heteroatoms. The smallest absolute Gasteiger partial charge is 0.311 e. The van der Waals surface area contributed by atoms with Gasteiger partial charge in [0.05, 0.1) is 4.92 Å². The minimum Gasteiger partial charge on any atom is -0.347 e. The fourth-order valence-corrected chi connectivity index (χ4v) is 2.67. The number of nitrogens with zero attached hydrogens (tertiary/aromatic N) is 4. The van der Waals surface area contributed by atoms with Gasteiger partial charge in [0.2, 0.25) is 5.82 Å². The van der Waals surface area contributed by atoms with Gasteiger partial charge in [-0.2, -0.15) is 0 Å². The standard InChI is InChI=1S/C16H15FN4O3/c17-13-5-3-12(4-6-13)16(22)20-10-8-19(9-11-20)15-14(21(23)24)2-1-7-18-15/h1-7H,8-11H2. The maximum absolute atomic E-state index is 12.9. The minimum atomic E-state index is -0.460. The maximum atomic E-state index is 12.9. The molecule has 1 aromatic carbocycles. The van der Waals surface area contributed by atoms with Gasteiger partial charge in [0.25, 0.3) is 5.91 Å². The summed E-state index contributed by atoms with van der Waals surface area (Å²) in [5.41, 5.74) is 0.379. The summed E-state index contributed by atoms with van der Waals surface area (Å²) < 4.78 is 12.9. The predicted molar refractivity (Wildman–Crippen MR) is 85.4 cm³/mol. The SMILES string of the molecule is O=C(c1ccc(F)cc1)N1CCN(c2ncccc2[N+](=O)[O-])CC1. The number of hydrogen-bond donors (Lipinski definition) is 0. The Morgan fingerprint density at radius 3 is 2.42 bits per heavy atom. The van der Waals surface area contributed by atoms with E-state index in [0.29, 0.717) is 37.6 Å². The molecule has 1 fully saturated rings. The van der Waals surface area contributed by atoms with E-state index in [2.05, 4.69) is 4.98 Å². The van der Waals surface area contributed by atoms with Crippen molar-refractivity contribution in [2.24, 2.45) is 0 Å². The van der Waals surface area contributed by atoms with Crippen LogP contribution in [-0.4, -0.2) is 46.9 Å². The quantitative estimate of drug-likeness (QED) is 0.636.